The van der Waals surface area contributed by atoms with Gasteiger partial charge in [0.1, 0.15) is 5.02 Å². The normalized spacial score (nSPS) is 31.7. The monoisotopic (exact) mass is 427 g/mol. The molecule has 0 unspecified atom stereocenters. The number of rotatable bonds is 4. The number of aryl methyl sites for hydroxylation is 2. The zero-order valence-electron chi connectivity index (χ0n) is 17.2. The number of nitrogens with zero attached hydrogens (tertiary/aromatic N) is 2. The van der Waals surface area contributed by atoms with E-state index < -0.39 is 16.9 Å². The minimum atomic E-state index is -0.728. The molecule has 2 N–H and O–H groups in total. The quantitative estimate of drug-likeness (QED) is 0.742. The summed E-state index contributed by atoms with van der Waals surface area (Å²) in [7, 11) is 0. The predicted octanol–water partition coefficient (Wildman–Crippen LogP) is 4.64. The lowest BCUT2D eigenvalue weighted by Gasteiger charge is -2.60. The topological polar surface area (TPSA) is 84.2 Å². The van der Waals surface area contributed by atoms with Crippen LogP contribution in [0.15, 0.2) is 29.2 Å². The van der Waals surface area contributed by atoms with Crippen LogP contribution in [0, 0.1) is 31.1 Å². The van der Waals surface area contributed by atoms with E-state index in [1.54, 1.807) is 6.20 Å². The molecule has 1 aromatic heterocycles. The lowest BCUT2D eigenvalue weighted by Crippen LogP contribution is -2.61. The van der Waals surface area contributed by atoms with Crippen molar-refractivity contribution in [1.82, 2.24) is 9.78 Å². The van der Waals surface area contributed by atoms with Crippen molar-refractivity contribution < 1.29 is 9.90 Å². The molecule has 1 aromatic carbocycles. The van der Waals surface area contributed by atoms with E-state index in [2.05, 4.69) is 16.5 Å². The molecular formula is C23H26ClN3O3. The maximum absolute atomic E-state index is 13.3. The number of benzene rings is 1. The molecule has 2 atom stereocenters. The van der Waals surface area contributed by atoms with Crippen molar-refractivity contribution in [3.63, 3.8) is 0 Å². The summed E-state index contributed by atoms with van der Waals surface area (Å²) in [6, 6.07) is 6.06. The fourth-order valence-corrected chi connectivity index (χ4v) is 6.95. The summed E-state index contributed by atoms with van der Waals surface area (Å²) < 4.78 is 1.51. The number of aromatic nitrogens is 2. The van der Waals surface area contributed by atoms with Gasteiger partial charge < -0.3 is 10.4 Å². The molecule has 4 aliphatic carbocycles. The summed E-state index contributed by atoms with van der Waals surface area (Å²) in [5.41, 5.74) is 1.95. The van der Waals surface area contributed by atoms with Gasteiger partial charge in [-0.1, -0.05) is 17.7 Å². The summed E-state index contributed by atoms with van der Waals surface area (Å²) in [4.78, 5) is 25.4. The van der Waals surface area contributed by atoms with Gasteiger partial charge in [-0.05, 0) is 87.5 Å². The van der Waals surface area contributed by atoms with Crippen LogP contribution in [0.3, 0.4) is 0 Å². The van der Waals surface area contributed by atoms with Crippen LogP contribution in [0.1, 0.15) is 49.7 Å². The number of nitrogens with one attached hydrogen (secondary N) is 1. The summed E-state index contributed by atoms with van der Waals surface area (Å²) in [6.45, 7) is 4.03. The minimum Gasteiger partial charge on any atom is -0.481 e. The summed E-state index contributed by atoms with van der Waals surface area (Å²) in [5.74, 6) is -0.0565. The Bertz CT molecular complexity index is 1080. The molecule has 0 saturated heterocycles. The number of anilines is 2. The van der Waals surface area contributed by atoms with E-state index in [0.29, 0.717) is 23.9 Å². The number of halogens is 1. The first-order chi connectivity index (χ1) is 14.2. The van der Waals surface area contributed by atoms with Crippen molar-refractivity contribution >= 4 is 28.9 Å². The van der Waals surface area contributed by atoms with E-state index in [0.717, 1.165) is 48.9 Å². The maximum atomic E-state index is 13.3. The standard InChI is InChI=1S/C23H26ClN3O3/c1-13-3-14(2)5-17(4-13)26-18-11-25-27(20(28)19(18)24)23-9-15-6-16(10-23)8-22(7-15,12-23)21(29)30/h3-5,11,15-16,26H,6-10,12H2,1-2H3,(H,29,30)/t15-,16-,22?,23?/m0/s1. The van der Waals surface area contributed by atoms with Gasteiger partial charge in [0.05, 0.1) is 22.8 Å². The highest BCUT2D eigenvalue weighted by Crippen LogP contribution is 2.63. The van der Waals surface area contributed by atoms with Crippen molar-refractivity contribution in [3.8, 4) is 0 Å². The number of aliphatic carboxylic acids is 1. The molecule has 6 nitrogen and oxygen atoms in total. The van der Waals surface area contributed by atoms with Crippen molar-refractivity contribution in [2.75, 3.05) is 5.32 Å². The van der Waals surface area contributed by atoms with Crippen LogP contribution in [0.2, 0.25) is 5.02 Å². The second-order valence-electron chi connectivity index (χ2n) is 9.86. The van der Waals surface area contributed by atoms with E-state index in [-0.39, 0.29) is 10.6 Å². The largest absolute Gasteiger partial charge is 0.481 e. The third kappa shape index (κ3) is 2.96. The third-order valence-corrected chi connectivity index (χ3v) is 7.72. The molecule has 0 aliphatic heterocycles. The number of hydrogen-bond acceptors (Lipinski definition) is 4. The van der Waals surface area contributed by atoms with Crippen LogP contribution < -0.4 is 10.9 Å². The van der Waals surface area contributed by atoms with Crippen LogP contribution in [0.5, 0.6) is 0 Å². The van der Waals surface area contributed by atoms with E-state index >= 15 is 0 Å². The minimum absolute atomic E-state index is 0.101. The molecule has 0 spiro atoms. The summed E-state index contributed by atoms with van der Waals surface area (Å²) in [5, 5.41) is 17.8. The van der Waals surface area contributed by atoms with Crippen LogP contribution in [-0.2, 0) is 10.3 Å². The summed E-state index contributed by atoms with van der Waals surface area (Å²) in [6.07, 6.45) is 6.19. The second-order valence-corrected chi connectivity index (χ2v) is 10.2. The molecule has 4 aliphatic rings. The van der Waals surface area contributed by atoms with Gasteiger partial charge in [0.2, 0.25) is 0 Å². The van der Waals surface area contributed by atoms with E-state index in [1.807, 2.05) is 26.0 Å². The predicted molar refractivity (Wildman–Crippen MR) is 115 cm³/mol. The van der Waals surface area contributed by atoms with Crippen LogP contribution in [-0.4, -0.2) is 20.9 Å². The molecule has 158 valence electrons. The van der Waals surface area contributed by atoms with Gasteiger partial charge in [-0.25, -0.2) is 4.68 Å². The molecule has 4 bridgehead atoms. The molecule has 1 heterocycles. The van der Waals surface area contributed by atoms with Crippen LogP contribution in [0.25, 0.3) is 0 Å². The third-order valence-electron chi connectivity index (χ3n) is 7.35. The molecule has 30 heavy (non-hydrogen) atoms. The Kier molecular flexibility index (Phi) is 4.30. The first kappa shape index (κ1) is 19.6. The van der Waals surface area contributed by atoms with Gasteiger partial charge in [-0.15, -0.1) is 0 Å². The summed E-state index contributed by atoms with van der Waals surface area (Å²) >= 11 is 6.51. The van der Waals surface area contributed by atoms with E-state index in [9.17, 15) is 14.7 Å². The highest BCUT2D eigenvalue weighted by Gasteiger charge is 2.62. The smallest absolute Gasteiger partial charge is 0.309 e. The Morgan fingerprint density at radius 2 is 1.80 bits per heavy atom. The zero-order valence-corrected chi connectivity index (χ0v) is 18.0. The second kappa shape index (κ2) is 6.58. The van der Waals surface area contributed by atoms with Crippen molar-refractivity contribution in [2.45, 2.75) is 57.9 Å². The van der Waals surface area contributed by atoms with Gasteiger partial charge in [0.25, 0.3) is 5.56 Å². The molecule has 0 radical (unpaired) electrons. The fraction of sp³-hybridized carbons (Fsp3) is 0.522. The first-order valence-corrected chi connectivity index (χ1v) is 10.9. The lowest BCUT2D eigenvalue weighted by molar-refractivity contribution is -0.173. The van der Waals surface area contributed by atoms with Crippen LogP contribution in [0.4, 0.5) is 11.4 Å². The molecule has 0 amide bonds. The number of carboxylic acids is 1. The Morgan fingerprint density at radius 3 is 2.40 bits per heavy atom. The maximum Gasteiger partial charge on any atom is 0.309 e. The van der Waals surface area contributed by atoms with Gasteiger partial charge in [-0.2, -0.15) is 5.10 Å². The zero-order chi connectivity index (χ0) is 21.3. The Morgan fingerprint density at radius 1 is 1.17 bits per heavy atom. The van der Waals surface area contributed by atoms with E-state index in [1.165, 1.54) is 4.68 Å². The highest BCUT2D eigenvalue weighted by molar-refractivity contribution is 6.33. The Labute approximate surface area is 180 Å². The Balaban J connectivity index is 1.53. The number of carbonyl (C=O) groups is 1. The average Bonchev–Trinajstić information content (AvgIpc) is 2.63. The van der Waals surface area contributed by atoms with Crippen molar-refractivity contribution in [3.05, 3.63) is 50.9 Å². The van der Waals surface area contributed by atoms with Gasteiger partial charge in [-0.3, -0.25) is 9.59 Å². The highest BCUT2D eigenvalue weighted by atomic mass is 35.5. The van der Waals surface area contributed by atoms with Crippen molar-refractivity contribution in [1.29, 1.82) is 0 Å². The molecule has 4 fully saturated rings. The van der Waals surface area contributed by atoms with Gasteiger partial charge >= 0.3 is 5.97 Å². The molecule has 2 aromatic rings. The van der Waals surface area contributed by atoms with Crippen LogP contribution >= 0.6 is 11.6 Å². The molecule has 7 heteroatoms. The number of carboxylic acid groups (broad SMARTS) is 1. The lowest BCUT2D eigenvalue weighted by atomic mass is 9.47. The fourth-order valence-electron chi connectivity index (χ4n) is 6.77. The van der Waals surface area contributed by atoms with E-state index in [4.69, 9.17) is 11.6 Å². The van der Waals surface area contributed by atoms with Crippen molar-refractivity contribution in [2.24, 2.45) is 17.3 Å². The molecule has 6 rings (SSSR count). The first-order valence-electron chi connectivity index (χ1n) is 10.6. The van der Waals surface area contributed by atoms with Gasteiger partial charge in [0.15, 0.2) is 0 Å². The SMILES string of the molecule is Cc1cc(C)cc(Nc2cnn(C34C[C@H]5C[C@@H](CC(C(=O)O)(C5)C3)C4)c(=O)c2Cl)c1. The Hall–Kier alpha value is -2.34. The van der Waals surface area contributed by atoms with Gasteiger partial charge in [0, 0.05) is 5.69 Å². The number of hydrogen-bond donors (Lipinski definition) is 2. The molecular weight excluding hydrogens is 402 g/mol. The molecule has 4 saturated carbocycles. The average molecular weight is 428 g/mol.